The Morgan fingerprint density at radius 3 is 2.54 bits per heavy atom. The molecule has 1 aromatic carbocycles. The van der Waals surface area contributed by atoms with Crippen LogP contribution >= 0.6 is 0 Å². The maximum absolute atomic E-state index is 12.0. The van der Waals surface area contributed by atoms with E-state index in [4.69, 9.17) is 0 Å². The lowest BCUT2D eigenvalue weighted by Crippen LogP contribution is -3.11. The molecule has 1 aromatic heterocycles. The fourth-order valence-electron chi connectivity index (χ4n) is 2.84. The van der Waals surface area contributed by atoms with Gasteiger partial charge in [0, 0.05) is 31.0 Å². The summed E-state index contributed by atoms with van der Waals surface area (Å²) in [6, 6.07) is 12.9. The molecule has 1 amide bonds. The van der Waals surface area contributed by atoms with Crippen LogP contribution in [0.3, 0.4) is 0 Å². The monoisotopic (exact) mass is 357 g/mol. The van der Waals surface area contributed by atoms with Gasteiger partial charge >= 0.3 is 0 Å². The number of amides is 1. The largest absolute Gasteiger partial charge is 0.356 e. The van der Waals surface area contributed by atoms with Crippen LogP contribution in [0.25, 0.3) is 11.3 Å². The van der Waals surface area contributed by atoms with Crippen molar-refractivity contribution in [3.63, 3.8) is 0 Å². The van der Waals surface area contributed by atoms with Gasteiger partial charge < -0.3 is 10.2 Å². The smallest absolute Gasteiger partial charge is 0.266 e. The summed E-state index contributed by atoms with van der Waals surface area (Å²) in [4.78, 5) is 25.5. The summed E-state index contributed by atoms with van der Waals surface area (Å²) in [5.74, 6) is -0.0432. The summed E-state index contributed by atoms with van der Waals surface area (Å²) in [5, 5.41) is 7.30. The van der Waals surface area contributed by atoms with Gasteiger partial charge in [0.25, 0.3) is 5.56 Å². The fraction of sp³-hybridized carbons (Fsp3) is 0.450. The van der Waals surface area contributed by atoms with Gasteiger partial charge in [-0.2, -0.15) is 5.10 Å². The van der Waals surface area contributed by atoms with Crippen LogP contribution in [0, 0.1) is 0 Å². The van der Waals surface area contributed by atoms with Crippen molar-refractivity contribution >= 4 is 5.91 Å². The van der Waals surface area contributed by atoms with E-state index >= 15 is 0 Å². The first kappa shape index (κ1) is 19.8. The van der Waals surface area contributed by atoms with Crippen molar-refractivity contribution in [1.82, 2.24) is 15.1 Å². The van der Waals surface area contributed by atoms with Gasteiger partial charge in [0.1, 0.15) is 0 Å². The predicted molar refractivity (Wildman–Crippen MR) is 103 cm³/mol. The van der Waals surface area contributed by atoms with Crippen LogP contribution in [-0.2, 0) is 11.3 Å². The third-order valence-corrected chi connectivity index (χ3v) is 4.52. The first-order chi connectivity index (χ1) is 12.6. The zero-order valence-corrected chi connectivity index (χ0v) is 15.7. The molecule has 6 heteroatoms. The van der Waals surface area contributed by atoms with E-state index in [2.05, 4.69) is 24.3 Å². The Bertz CT molecular complexity index is 739. The highest BCUT2D eigenvalue weighted by Gasteiger charge is 2.07. The molecule has 6 nitrogen and oxygen atoms in total. The van der Waals surface area contributed by atoms with Crippen LogP contribution in [0.1, 0.15) is 26.7 Å². The van der Waals surface area contributed by atoms with Gasteiger partial charge in [-0.3, -0.25) is 9.59 Å². The van der Waals surface area contributed by atoms with E-state index in [1.54, 1.807) is 6.07 Å². The lowest BCUT2D eigenvalue weighted by molar-refractivity contribution is -0.896. The molecule has 0 fully saturated rings. The molecule has 26 heavy (non-hydrogen) atoms. The number of hydrogen-bond acceptors (Lipinski definition) is 3. The summed E-state index contributed by atoms with van der Waals surface area (Å²) < 4.78 is 1.36. The molecule has 0 unspecified atom stereocenters. The summed E-state index contributed by atoms with van der Waals surface area (Å²) in [6.45, 7) is 8.58. The molecule has 2 aromatic rings. The molecule has 0 aliphatic rings. The Labute approximate surface area is 154 Å². The molecule has 2 rings (SSSR count). The second kappa shape index (κ2) is 10.5. The second-order valence-corrected chi connectivity index (χ2v) is 6.31. The molecule has 0 atom stereocenters. The van der Waals surface area contributed by atoms with Crippen LogP contribution < -0.4 is 15.8 Å². The first-order valence-corrected chi connectivity index (χ1v) is 9.38. The number of carbonyl (C=O) groups is 1. The molecule has 0 aliphatic heterocycles. The highest BCUT2D eigenvalue weighted by atomic mass is 16.2. The predicted octanol–water partition coefficient (Wildman–Crippen LogP) is 0.731. The molecular weight excluding hydrogens is 328 g/mol. The number of quaternary nitrogens is 1. The minimum Gasteiger partial charge on any atom is -0.356 e. The van der Waals surface area contributed by atoms with Gasteiger partial charge in [-0.15, -0.1) is 0 Å². The maximum Gasteiger partial charge on any atom is 0.266 e. The Morgan fingerprint density at radius 2 is 1.85 bits per heavy atom. The van der Waals surface area contributed by atoms with Crippen LogP contribution in [0.15, 0.2) is 47.3 Å². The van der Waals surface area contributed by atoms with Crippen LogP contribution in [0.4, 0.5) is 0 Å². The molecule has 0 saturated carbocycles. The van der Waals surface area contributed by atoms with Crippen molar-refractivity contribution in [2.24, 2.45) is 0 Å². The third kappa shape index (κ3) is 6.11. The standard InChI is InChI=1S/C20H28N4O2/c1-3-23(4-2)15-8-14-21-19(25)13-16-24-20(26)12-11-18(22-24)17-9-6-5-7-10-17/h5-7,9-12H,3-4,8,13-16H2,1-2H3,(H,21,25)/p+1. The first-order valence-electron chi connectivity index (χ1n) is 9.38. The molecule has 0 radical (unpaired) electrons. The molecule has 0 saturated heterocycles. The highest BCUT2D eigenvalue weighted by Crippen LogP contribution is 2.13. The SMILES string of the molecule is CC[NH+](CC)CCCNC(=O)CCn1nc(-c2ccccc2)ccc1=O. The fourth-order valence-corrected chi connectivity index (χ4v) is 2.84. The van der Waals surface area contributed by atoms with E-state index in [1.807, 2.05) is 30.3 Å². The summed E-state index contributed by atoms with van der Waals surface area (Å²) >= 11 is 0. The highest BCUT2D eigenvalue weighted by molar-refractivity contribution is 5.75. The van der Waals surface area contributed by atoms with Crippen LogP contribution in [-0.4, -0.2) is 41.9 Å². The van der Waals surface area contributed by atoms with Crippen molar-refractivity contribution in [2.45, 2.75) is 33.2 Å². The lowest BCUT2D eigenvalue weighted by Gasteiger charge is -2.15. The number of aromatic nitrogens is 2. The Morgan fingerprint density at radius 1 is 1.12 bits per heavy atom. The zero-order chi connectivity index (χ0) is 18.8. The Hall–Kier alpha value is -2.47. The Balaban J connectivity index is 1.83. The van der Waals surface area contributed by atoms with Gasteiger partial charge in [0.2, 0.25) is 5.91 Å². The quantitative estimate of drug-likeness (QED) is 0.616. The van der Waals surface area contributed by atoms with Gasteiger partial charge in [-0.25, -0.2) is 4.68 Å². The number of carbonyl (C=O) groups excluding carboxylic acids is 1. The number of nitrogens with zero attached hydrogens (tertiary/aromatic N) is 2. The molecule has 140 valence electrons. The average Bonchev–Trinajstić information content (AvgIpc) is 2.68. The minimum atomic E-state index is -0.192. The van der Waals surface area contributed by atoms with Gasteiger partial charge in [0.15, 0.2) is 0 Å². The summed E-state index contributed by atoms with van der Waals surface area (Å²) in [7, 11) is 0. The average molecular weight is 357 g/mol. The molecule has 0 spiro atoms. The van der Waals surface area contributed by atoms with Crippen molar-refractivity contribution in [2.75, 3.05) is 26.2 Å². The van der Waals surface area contributed by atoms with Gasteiger partial charge in [-0.05, 0) is 19.9 Å². The second-order valence-electron chi connectivity index (χ2n) is 6.31. The molecular formula is C20H29N4O2+. The topological polar surface area (TPSA) is 68.4 Å². The van der Waals surface area contributed by atoms with E-state index < -0.39 is 0 Å². The Kier molecular flexibility index (Phi) is 8.02. The molecule has 0 aliphatic carbocycles. The van der Waals surface area contributed by atoms with Crippen LogP contribution in [0.5, 0.6) is 0 Å². The summed E-state index contributed by atoms with van der Waals surface area (Å²) in [5.41, 5.74) is 1.49. The van der Waals surface area contributed by atoms with E-state index in [0.717, 1.165) is 37.3 Å². The van der Waals surface area contributed by atoms with E-state index in [0.29, 0.717) is 6.54 Å². The molecule has 2 N–H and O–H groups in total. The number of aryl methyl sites for hydroxylation is 1. The van der Waals surface area contributed by atoms with Crippen molar-refractivity contribution in [3.05, 3.63) is 52.8 Å². The number of benzene rings is 1. The van der Waals surface area contributed by atoms with Gasteiger partial charge in [0.05, 0.1) is 31.9 Å². The van der Waals surface area contributed by atoms with Crippen LogP contribution in [0.2, 0.25) is 0 Å². The van der Waals surface area contributed by atoms with E-state index in [9.17, 15) is 9.59 Å². The zero-order valence-electron chi connectivity index (χ0n) is 15.7. The number of hydrogen-bond donors (Lipinski definition) is 2. The van der Waals surface area contributed by atoms with Crippen molar-refractivity contribution < 1.29 is 9.69 Å². The lowest BCUT2D eigenvalue weighted by atomic mass is 10.1. The normalized spacial score (nSPS) is 10.9. The molecule has 0 bridgehead atoms. The molecule has 1 heterocycles. The number of rotatable bonds is 10. The third-order valence-electron chi connectivity index (χ3n) is 4.52. The number of nitrogens with one attached hydrogen (secondary N) is 2. The van der Waals surface area contributed by atoms with Gasteiger partial charge in [-0.1, -0.05) is 30.3 Å². The van der Waals surface area contributed by atoms with Crippen molar-refractivity contribution in [3.8, 4) is 11.3 Å². The van der Waals surface area contributed by atoms with Crippen molar-refractivity contribution in [1.29, 1.82) is 0 Å². The minimum absolute atomic E-state index is 0.0432. The summed E-state index contributed by atoms with van der Waals surface area (Å²) in [6.07, 6.45) is 1.22. The maximum atomic E-state index is 12.0. The van der Waals surface area contributed by atoms with E-state index in [-0.39, 0.29) is 24.4 Å². The van der Waals surface area contributed by atoms with E-state index in [1.165, 1.54) is 15.6 Å².